The molecule has 0 spiro atoms. The van der Waals surface area contributed by atoms with Crippen LogP contribution in [0, 0.1) is 5.92 Å². The van der Waals surface area contributed by atoms with Gasteiger partial charge in [0.2, 0.25) is 11.8 Å². The van der Waals surface area contributed by atoms with E-state index in [9.17, 15) is 9.59 Å². The number of anilines is 2. The molecule has 1 aromatic rings. The van der Waals surface area contributed by atoms with Crippen LogP contribution in [0.5, 0.6) is 5.75 Å². The number of carbonyl (C=O) groups is 2. The molecule has 106 valence electrons. The molecule has 5 nitrogen and oxygen atoms in total. The molecule has 0 bridgehead atoms. The molecule has 2 amide bonds. The van der Waals surface area contributed by atoms with Crippen molar-refractivity contribution in [2.45, 2.75) is 13.3 Å². The van der Waals surface area contributed by atoms with Gasteiger partial charge < -0.3 is 15.0 Å². The Bertz CT molecular complexity index is 554. The normalized spacial score (nSPS) is 18.0. The van der Waals surface area contributed by atoms with E-state index in [4.69, 9.17) is 4.74 Å². The molecule has 1 unspecified atom stereocenters. The quantitative estimate of drug-likeness (QED) is 0.856. The van der Waals surface area contributed by atoms with Crippen molar-refractivity contribution >= 4 is 23.2 Å². The monoisotopic (exact) mass is 274 g/mol. The standard InChI is InChI=1S/C15H18N2O3/c1-4-11-7-15(19)17(9-11)13-8-12(16-10(2)18)5-6-14(13)20-3/h4-6,8,11H,1,7,9H2,2-3H3,(H,16,18). The van der Waals surface area contributed by atoms with E-state index in [1.165, 1.54) is 6.92 Å². The number of nitrogens with one attached hydrogen (secondary N) is 1. The average Bonchev–Trinajstić information content (AvgIpc) is 2.79. The Kier molecular flexibility index (Phi) is 4.08. The van der Waals surface area contributed by atoms with E-state index < -0.39 is 0 Å². The fourth-order valence-electron chi connectivity index (χ4n) is 2.31. The summed E-state index contributed by atoms with van der Waals surface area (Å²) in [5.41, 5.74) is 1.32. The molecule has 5 heteroatoms. The summed E-state index contributed by atoms with van der Waals surface area (Å²) < 4.78 is 5.30. The molecule has 1 aromatic carbocycles. The van der Waals surface area contributed by atoms with Crippen molar-refractivity contribution in [3.63, 3.8) is 0 Å². The molecule has 0 radical (unpaired) electrons. The summed E-state index contributed by atoms with van der Waals surface area (Å²) in [4.78, 5) is 24.9. The first kappa shape index (κ1) is 14.1. The molecule has 0 aromatic heterocycles. The van der Waals surface area contributed by atoms with Crippen LogP contribution in [-0.2, 0) is 9.59 Å². The van der Waals surface area contributed by atoms with Crippen molar-refractivity contribution in [2.24, 2.45) is 5.92 Å². The van der Waals surface area contributed by atoms with E-state index >= 15 is 0 Å². The van der Waals surface area contributed by atoms with Crippen LogP contribution in [-0.4, -0.2) is 25.5 Å². The molecule has 1 aliphatic heterocycles. The van der Waals surface area contributed by atoms with Gasteiger partial charge in [-0.25, -0.2) is 0 Å². The number of benzene rings is 1. The Labute approximate surface area is 118 Å². The topological polar surface area (TPSA) is 58.6 Å². The van der Waals surface area contributed by atoms with Gasteiger partial charge in [-0.15, -0.1) is 6.58 Å². The number of hydrogen-bond donors (Lipinski definition) is 1. The van der Waals surface area contributed by atoms with Crippen LogP contribution in [0.15, 0.2) is 30.9 Å². The zero-order valence-electron chi connectivity index (χ0n) is 11.7. The first-order valence-corrected chi connectivity index (χ1v) is 6.43. The number of hydrogen-bond acceptors (Lipinski definition) is 3. The van der Waals surface area contributed by atoms with Crippen LogP contribution in [0.25, 0.3) is 0 Å². The maximum absolute atomic E-state index is 12.1. The van der Waals surface area contributed by atoms with Gasteiger partial charge in [0.25, 0.3) is 0 Å². The van der Waals surface area contributed by atoms with Crippen molar-refractivity contribution < 1.29 is 14.3 Å². The highest BCUT2D eigenvalue weighted by molar-refractivity contribution is 5.98. The van der Waals surface area contributed by atoms with Crippen LogP contribution in [0.1, 0.15) is 13.3 Å². The molecule has 1 aliphatic rings. The second kappa shape index (κ2) is 5.77. The highest BCUT2D eigenvalue weighted by Gasteiger charge is 2.30. The minimum Gasteiger partial charge on any atom is -0.495 e. The fraction of sp³-hybridized carbons (Fsp3) is 0.333. The molecule has 0 saturated carbocycles. The molecule has 20 heavy (non-hydrogen) atoms. The van der Waals surface area contributed by atoms with Crippen LogP contribution in [0.2, 0.25) is 0 Å². The van der Waals surface area contributed by atoms with Crippen LogP contribution in [0.4, 0.5) is 11.4 Å². The van der Waals surface area contributed by atoms with E-state index in [1.807, 2.05) is 0 Å². The molecule has 1 heterocycles. The van der Waals surface area contributed by atoms with Crippen molar-refractivity contribution in [3.05, 3.63) is 30.9 Å². The number of methoxy groups -OCH3 is 1. The number of carbonyl (C=O) groups excluding carboxylic acids is 2. The molecule has 1 N–H and O–H groups in total. The van der Waals surface area contributed by atoms with Gasteiger partial charge in [-0.05, 0) is 18.2 Å². The minimum absolute atomic E-state index is 0.0353. The molecular weight excluding hydrogens is 256 g/mol. The summed E-state index contributed by atoms with van der Waals surface area (Å²) >= 11 is 0. The summed E-state index contributed by atoms with van der Waals surface area (Å²) in [6, 6.07) is 5.24. The molecule has 1 saturated heterocycles. The zero-order valence-corrected chi connectivity index (χ0v) is 11.7. The lowest BCUT2D eigenvalue weighted by molar-refractivity contribution is -0.117. The maximum Gasteiger partial charge on any atom is 0.227 e. The fourth-order valence-corrected chi connectivity index (χ4v) is 2.31. The SMILES string of the molecule is C=CC1CC(=O)N(c2cc(NC(C)=O)ccc2OC)C1. The first-order valence-electron chi connectivity index (χ1n) is 6.43. The van der Waals surface area contributed by atoms with E-state index in [0.717, 1.165) is 0 Å². The highest BCUT2D eigenvalue weighted by Crippen LogP contribution is 2.35. The third-order valence-corrected chi connectivity index (χ3v) is 3.28. The Hall–Kier alpha value is -2.30. The van der Waals surface area contributed by atoms with Gasteiger partial charge in [-0.1, -0.05) is 6.08 Å². The van der Waals surface area contributed by atoms with Gasteiger partial charge in [0.15, 0.2) is 0 Å². The Morgan fingerprint density at radius 1 is 1.55 bits per heavy atom. The predicted octanol–water partition coefficient (Wildman–Crippen LogP) is 2.19. The Morgan fingerprint density at radius 3 is 2.85 bits per heavy atom. The van der Waals surface area contributed by atoms with Gasteiger partial charge in [-0.2, -0.15) is 0 Å². The smallest absolute Gasteiger partial charge is 0.227 e. The zero-order chi connectivity index (χ0) is 14.7. The molecule has 2 rings (SSSR count). The van der Waals surface area contributed by atoms with E-state index in [1.54, 1.807) is 36.3 Å². The average molecular weight is 274 g/mol. The molecule has 1 fully saturated rings. The number of nitrogens with zero attached hydrogens (tertiary/aromatic N) is 1. The van der Waals surface area contributed by atoms with Gasteiger partial charge in [0.1, 0.15) is 5.75 Å². The van der Waals surface area contributed by atoms with Crippen molar-refractivity contribution in [1.82, 2.24) is 0 Å². The number of amides is 2. The van der Waals surface area contributed by atoms with Crippen LogP contribution in [0.3, 0.4) is 0 Å². The van der Waals surface area contributed by atoms with Crippen molar-refractivity contribution in [3.8, 4) is 5.75 Å². The van der Waals surface area contributed by atoms with Crippen molar-refractivity contribution in [1.29, 1.82) is 0 Å². The van der Waals surface area contributed by atoms with E-state index in [-0.39, 0.29) is 17.7 Å². The van der Waals surface area contributed by atoms with E-state index in [2.05, 4.69) is 11.9 Å². The molecular formula is C15H18N2O3. The third-order valence-electron chi connectivity index (χ3n) is 3.28. The number of rotatable bonds is 4. The third kappa shape index (κ3) is 2.82. The number of ether oxygens (including phenoxy) is 1. The Balaban J connectivity index is 2.35. The largest absolute Gasteiger partial charge is 0.495 e. The van der Waals surface area contributed by atoms with Gasteiger partial charge in [-0.3, -0.25) is 9.59 Å². The van der Waals surface area contributed by atoms with E-state index in [0.29, 0.717) is 30.1 Å². The summed E-state index contributed by atoms with van der Waals surface area (Å²) in [5, 5.41) is 2.71. The second-order valence-electron chi connectivity index (χ2n) is 4.77. The van der Waals surface area contributed by atoms with Gasteiger partial charge in [0, 0.05) is 31.5 Å². The lowest BCUT2D eigenvalue weighted by Crippen LogP contribution is -2.25. The first-order chi connectivity index (χ1) is 9.55. The summed E-state index contributed by atoms with van der Waals surface area (Å²) in [5.74, 6) is 0.639. The summed E-state index contributed by atoms with van der Waals surface area (Å²) in [7, 11) is 1.56. The molecule has 1 atom stereocenters. The van der Waals surface area contributed by atoms with Crippen molar-refractivity contribution in [2.75, 3.05) is 23.9 Å². The lowest BCUT2D eigenvalue weighted by Gasteiger charge is -2.20. The van der Waals surface area contributed by atoms with Gasteiger partial charge >= 0.3 is 0 Å². The van der Waals surface area contributed by atoms with Crippen LogP contribution >= 0.6 is 0 Å². The maximum atomic E-state index is 12.1. The second-order valence-corrected chi connectivity index (χ2v) is 4.77. The minimum atomic E-state index is -0.155. The summed E-state index contributed by atoms with van der Waals surface area (Å²) in [6.45, 7) is 5.77. The van der Waals surface area contributed by atoms with Crippen LogP contribution < -0.4 is 15.0 Å². The summed E-state index contributed by atoms with van der Waals surface area (Å²) in [6.07, 6.45) is 2.25. The Morgan fingerprint density at radius 2 is 2.30 bits per heavy atom. The van der Waals surface area contributed by atoms with Gasteiger partial charge in [0.05, 0.1) is 12.8 Å². The highest BCUT2D eigenvalue weighted by atomic mass is 16.5. The predicted molar refractivity (Wildman–Crippen MR) is 78.0 cm³/mol. The lowest BCUT2D eigenvalue weighted by atomic mass is 10.1. The molecule has 0 aliphatic carbocycles.